The van der Waals surface area contributed by atoms with Crippen molar-refractivity contribution < 1.29 is 9.53 Å². The lowest BCUT2D eigenvalue weighted by atomic mass is 10.1. The van der Waals surface area contributed by atoms with E-state index >= 15 is 0 Å². The first-order valence-electron chi connectivity index (χ1n) is 9.54. The van der Waals surface area contributed by atoms with Gasteiger partial charge in [-0.25, -0.2) is 5.01 Å². The molecule has 0 aliphatic carbocycles. The summed E-state index contributed by atoms with van der Waals surface area (Å²) in [4.78, 5) is 18.0. The van der Waals surface area contributed by atoms with Crippen LogP contribution in [0.5, 0.6) is 0 Å². The van der Waals surface area contributed by atoms with Crippen molar-refractivity contribution in [1.29, 1.82) is 0 Å². The minimum absolute atomic E-state index is 0.00632. The second kappa shape index (κ2) is 9.54. The molecule has 0 unspecified atom stereocenters. The molecule has 4 heterocycles. The van der Waals surface area contributed by atoms with Crippen molar-refractivity contribution in [3.8, 4) is 0 Å². The molecule has 5 nitrogen and oxygen atoms in total. The van der Waals surface area contributed by atoms with E-state index in [-0.39, 0.29) is 11.9 Å². The van der Waals surface area contributed by atoms with Gasteiger partial charge in [-0.1, -0.05) is 12.1 Å². The highest BCUT2D eigenvalue weighted by atomic mass is 32.2. The van der Waals surface area contributed by atoms with Crippen molar-refractivity contribution in [1.82, 2.24) is 9.91 Å². The van der Waals surface area contributed by atoms with Gasteiger partial charge < -0.3 is 4.74 Å². The van der Waals surface area contributed by atoms with Crippen LogP contribution in [0.3, 0.4) is 0 Å². The summed E-state index contributed by atoms with van der Waals surface area (Å²) < 4.78 is 5.29. The highest BCUT2D eigenvalue weighted by molar-refractivity contribution is 7.99. The minimum atomic E-state index is 0.00632. The molecule has 150 valence electrons. The third-order valence-corrected chi connectivity index (χ3v) is 8.22. The molecule has 2 aliphatic rings. The Kier molecular flexibility index (Phi) is 6.85. The van der Waals surface area contributed by atoms with Crippen LogP contribution in [0.1, 0.15) is 28.6 Å². The smallest absolute Gasteiger partial charge is 0.257 e. The maximum absolute atomic E-state index is 13.3. The van der Waals surface area contributed by atoms with Gasteiger partial charge in [0.05, 0.1) is 29.8 Å². The topological polar surface area (TPSA) is 45.1 Å². The summed E-state index contributed by atoms with van der Waals surface area (Å²) in [6.45, 7) is 1.83. The Morgan fingerprint density at radius 2 is 2.18 bits per heavy atom. The summed E-state index contributed by atoms with van der Waals surface area (Å²) in [5, 5.41) is 10.7. The first-order chi connectivity index (χ1) is 13.8. The van der Waals surface area contributed by atoms with Crippen molar-refractivity contribution in [3.05, 3.63) is 44.8 Å². The average Bonchev–Trinajstić information content (AvgIpc) is 3.51. The van der Waals surface area contributed by atoms with E-state index in [0.29, 0.717) is 19.2 Å². The van der Waals surface area contributed by atoms with E-state index in [4.69, 9.17) is 9.84 Å². The molecule has 1 amide bonds. The van der Waals surface area contributed by atoms with Gasteiger partial charge in [0, 0.05) is 36.7 Å². The normalized spacial score (nSPS) is 22.2. The molecule has 1 fully saturated rings. The van der Waals surface area contributed by atoms with Gasteiger partial charge in [0.2, 0.25) is 0 Å². The van der Waals surface area contributed by atoms with Crippen LogP contribution in [0.2, 0.25) is 0 Å². The average molecular weight is 436 g/mol. The molecule has 8 heteroatoms. The van der Waals surface area contributed by atoms with E-state index in [9.17, 15) is 4.79 Å². The summed E-state index contributed by atoms with van der Waals surface area (Å²) in [5.74, 6) is 2.34. The van der Waals surface area contributed by atoms with Gasteiger partial charge in [-0.05, 0) is 35.1 Å². The van der Waals surface area contributed by atoms with Crippen LogP contribution in [0, 0.1) is 0 Å². The zero-order chi connectivity index (χ0) is 19.3. The van der Waals surface area contributed by atoms with Crippen LogP contribution >= 0.6 is 34.4 Å². The van der Waals surface area contributed by atoms with Gasteiger partial charge in [0.25, 0.3) is 5.91 Å². The predicted octanol–water partition coefficient (Wildman–Crippen LogP) is 3.94. The Balaban J connectivity index is 1.53. The third kappa shape index (κ3) is 4.52. The quantitative estimate of drug-likeness (QED) is 0.630. The number of thiophene rings is 2. The number of rotatable bonds is 8. The summed E-state index contributed by atoms with van der Waals surface area (Å²) >= 11 is 5.35. The number of hydrogen-bond acceptors (Lipinski definition) is 7. The number of methoxy groups -OCH3 is 1. The maximum Gasteiger partial charge on any atom is 0.257 e. The fraction of sp³-hybridized carbons (Fsp3) is 0.500. The lowest BCUT2D eigenvalue weighted by molar-refractivity contribution is -0.134. The molecule has 0 aromatic carbocycles. The predicted molar refractivity (Wildman–Crippen MR) is 119 cm³/mol. The van der Waals surface area contributed by atoms with Crippen molar-refractivity contribution in [2.45, 2.75) is 24.9 Å². The molecular formula is C20H25N3O2S3. The van der Waals surface area contributed by atoms with Crippen LogP contribution < -0.4 is 0 Å². The van der Waals surface area contributed by atoms with Gasteiger partial charge in [0.15, 0.2) is 0 Å². The summed E-state index contributed by atoms with van der Waals surface area (Å²) in [7, 11) is 1.72. The van der Waals surface area contributed by atoms with Gasteiger partial charge in [-0.3, -0.25) is 9.69 Å². The van der Waals surface area contributed by atoms with Gasteiger partial charge in [-0.2, -0.15) is 16.9 Å². The van der Waals surface area contributed by atoms with Crippen molar-refractivity contribution in [3.63, 3.8) is 0 Å². The molecule has 2 aromatic heterocycles. The Morgan fingerprint density at radius 3 is 2.86 bits per heavy atom. The van der Waals surface area contributed by atoms with Gasteiger partial charge in [-0.15, -0.1) is 22.7 Å². The minimum Gasteiger partial charge on any atom is -0.383 e. The Hall–Kier alpha value is -1.19. The van der Waals surface area contributed by atoms with Crippen LogP contribution in [-0.4, -0.2) is 65.9 Å². The second-order valence-electron chi connectivity index (χ2n) is 6.98. The summed E-state index contributed by atoms with van der Waals surface area (Å²) in [6.07, 6.45) is 1.92. The third-order valence-electron chi connectivity index (χ3n) is 5.19. The number of ether oxygens (including phenoxy) is 1. The molecule has 0 bridgehead atoms. The Bertz CT molecular complexity index is 786. The first kappa shape index (κ1) is 20.1. The molecule has 2 aromatic rings. The Labute approximate surface area is 178 Å². The molecule has 0 spiro atoms. The van der Waals surface area contributed by atoms with Crippen molar-refractivity contribution >= 4 is 46.1 Å². The number of amides is 1. The molecule has 2 atom stereocenters. The second-order valence-corrected chi connectivity index (χ2v) is 10.1. The van der Waals surface area contributed by atoms with E-state index in [2.05, 4.69) is 27.8 Å². The lowest BCUT2D eigenvalue weighted by Crippen LogP contribution is -2.44. The number of thioether (sulfide) groups is 1. The first-order valence-corrected chi connectivity index (χ1v) is 12.4. The Morgan fingerprint density at radius 1 is 1.32 bits per heavy atom. The van der Waals surface area contributed by atoms with E-state index in [0.717, 1.165) is 35.7 Å². The van der Waals surface area contributed by atoms with E-state index in [1.807, 2.05) is 23.9 Å². The van der Waals surface area contributed by atoms with E-state index in [1.54, 1.807) is 34.8 Å². The van der Waals surface area contributed by atoms with E-state index < -0.39 is 0 Å². The van der Waals surface area contributed by atoms with Crippen LogP contribution in [0.15, 0.2) is 40.1 Å². The fourth-order valence-corrected chi connectivity index (χ4v) is 6.48. The molecule has 28 heavy (non-hydrogen) atoms. The highest BCUT2D eigenvalue weighted by Crippen LogP contribution is 2.36. The number of carbonyl (C=O) groups excluding carboxylic acids is 1. The molecular weight excluding hydrogens is 410 g/mol. The zero-order valence-corrected chi connectivity index (χ0v) is 18.4. The van der Waals surface area contributed by atoms with E-state index in [1.165, 1.54) is 10.6 Å². The molecule has 0 radical (unpaired) electrons. The molecule has 0 N–H and O–H groups in total. The molecule has 1 saturated heterocycles. The van der Waals surface area contributed by atoms with Crippen LogP contribution in [0.25, 0.3) is 0 Å². The number of nitrogens with zero attached hydrogens (tertiary/aromatic N) is 3. The van der Waals surface area contributed by atoms with Crippen molar-refractivity contribution in [2.75, 3.05) is 38.3 Å². The largest absolute Gasteiger partial charge is 0.383 e. The highest BCUT2D eigenvalue weighted by Gasteiger charge is 2.35. The lowest BCUT2D eigenvalue weighted by Gasteiger charge is -2.30. The molecule has 0 saturated carbocycles. The summed E-state index contributed by atoms with van der Waals surface area (Å²) in [5.41, 5.74) is 1.02. The maximum atomic E-state index is 13.3. The fourth-order valence-electron chi connectivity index (χ4n) is 3.69. The molecule has 2 aliphatic heterocycles. The van der Waals surface area contributed by atoms with Crippen LogP contribution in [0.4, 0.5) is 0 Å². The number of carbonyl (C=O) groups is 1. The zero-order valence-electron chi connectivity index (χ0n) is 16.0. The standard InChI is InChI=1S/C20H25N3O2S3/c1-25-8-7-22(15-6-11-26-14-15)13-20(24)23-17(19-5-3-10-28-19)12-16(21-23)18-4-2-9-27-18/h2-5,9-10,15,17H,6-8,11-14H2,1H3/t15-,17+/m1/s1. The van der Waals surface area contributed by atoms with Crippen LogP contribution in [-0.2, 0) is 9.53 Å². The number of hydrazone groups is 1. The van der Waals surface area contributed by atoms with Gasteiger partial charge >= 0.3 is 0 Å². The SMILES string of the molecule is COCCN(CC(=O)N1N=C(c2cccs2)C[C@H]1c1cccs1)[C@@H]1CCSC1. The molecule has 4 rings (SSSR count). The number of hydrogen-bond donors (Lipinski definition) is 0. The van der Waals surface area contributed by atoms with Gasteiger partial charge in [0.1, 0.15) is 0 Å². The van der Waals surface area contributed by atoms with Crippen molar-refractivity contribution in [2.24, 2.45) is 5.10 Å². The monoisotopic (exact) mass is 435 g/mol. The summed E-state index contributed by atoms with van der Waals surface area (Å²) in [6, 6.07) is 8.74.